The Hall–Kier alpha value is -1.22. The number of benzene rings is 2. The molecule has 1 N–H and O–H groups in total. The van der Waals surface area contributed by atoms with Crippen molar-refractivity contribution < 1.29 is 4.74 Å². The van der Waals surface area contributed by atoms with E-state index in [1.54, 1.807) is 7.11 Å². The zero-order valence-corrected chi connectivity index (χ0v) is 13.9. The SMILES string of the molecule is COc1cc(-c2ccc(Cl)c(CNC(C)C)c2)ccc1Cl. The molecule has 4 heteroatoms. The van der Waals surface area contributed by atoms with E-state index in [0.717, 1.165) is 28.3 Å². The topological polar surface area (TPSA) is 21.3 Å². The molecule has 0 aliphatic carbocycles. The normalized spacial score (nSPS) is 11.0. The lowest BCUT2D eigenvalue weighted by Gasteiger charge is -2.12. The maximum Gasteiger partial charge on any atom is 0.138 e. The van der Waals surface area contributed by atoms with Crippen LogP contribution in [0.1, 0.15) is 19.4 Å². The molecule has 2 aromatic rings. The third-order valence-electron chi connectivity index (χ3n) is 3.23. The first-order valence-electron chi connectivity index (χ1n) is 6.87. The Morgan fingerprint density at radius 1 is 1.00 bits per heavy atom. The van der Waals surface area contributed by atoms with Gasteiger partial charge in [0.25, 0.3) is 0 Å². The van der Waals surface area contributed by atoms with Crippen LogP contribution < -0.4 is 10.1 Å². The van der Waals surface area contributed by atoms with E-state index < -0.39 is 0 Å². The highest BCUT2D eigenvalue weighted by atomic mass is 35.5. The molecule has 0 unspecified atom stereocenters. The number of hydrogen-bond donors (Lipinski definition) is 1. The number of halogens is 2. The first-order chi connectivity index (χ1) is 10.0. The van der Waals surface area contributed by atoms with Gasteiger partial charge in [0.1, 0.15) is 5.75 Å². The second-order valence-electron chi connectivity index (χ2n) is 5.19. The van der Waals surface area contributed by atoms with Gasteiger partial charge in [-0.05, 0) is 41.0 Å². The van der Waals surface area contributed by atoms with Gasteiger partial charge in [-0.15, -0.1) is 0 Å². The van der Waals surface area contributed by atoms with Gasteiger partial charge in [0.05, 0.1) is 12.1 Å². The Bertz CT molecular complexity index is 626. The quantitative estimate of drug-likeness (QED) is 0.819. The van der Waals surface area contributed by atoms with Crippen molar-refractivity contribution in [1.29, 1.82) is 0 Å². The van der Waals surface area contributed by atoms with Crippen LogP contribution in [0.15, 0.2) is 36.4 Å². The summed E-state index contributed by atoms with van der Waals surface area (Å²) >= 11 is 12.3. The minimum atomic E-state index is 0.417. The van der Waals surface area contributed by atoms with Crippen molar-refractivity contribution in [2.75, 3.05) is 7.11 Å². The number of rotatable bonds is 5. The molecule has 0 heterocycles. The zero-order valence-electron chi connectivity index (χ0n) is 12.4. The first-order valence-corrected chi connectivity index (χ1v) is 7.62. The maximum atomic E-state index is 6.27. The van der Waals surface area contributed by atoms with Crippen LogP contribution in [-0.2, 0) is 6.54 Å². The molecule has 21 heavy (non-hydrogen) atoms. The molecule has 0 amide bonds. The highest BCUT2D eigenvalue weighted by Gasteiger charge is 2.07. The van der Waals surface area contributed by atoms with E-state index in [-0.39, 0.29) is 0 Å². The summed E-state index contributed by atoms with van der Waals surface area (Å²) in [5.74, 6) is 0.672. The van der Waals surface area contributed by atoms with Gasteiger partial charge in [0.2, 0.25) is 0 Å². The van der Waals surface area contributed by atoms with Gasteiger partial charge in [-0.3, -0.25) is 0 Å². The molecule has 0 spiro atoms. The molecule has 0 atom stereocenters. The summed E-state index contributed by atoms with van der Waals surface area (Å²) in [5, 5.41) is 4.76. The summed E-state index contributed by atoms with van der Waals surface area (Å²) in [6.07, 6.45) is 0. The largest absolute Gasteiger partial charge is 0.495 e. The van der Waals surface area contributed by atoms with E-state index in [2.05, 4.69) is 25.2 Å². The number of hydrogen-bond acceptors (Lipinski definition) is 2. The van der Waals surface area contributed by atoms with E-state index in [0.29, 0.717) is 16.8 Å². The average molecular weight is 324 g/mol. The molecule has 0 aliphatic rings. The predicted molar refractivity (Wildman–Crippen MR) is 90.4 cm³/mol. The Labute approximate surface area is 136 Å². The maximum absolute atomic E-state index is 6.27. The summed E-state index contributed by atoms with van der Waals surface area (Å²) in [6, 6.07) is 12.2. The fourth-order valence-corrected chi connectivity index (χ4v) is 2.42. The van der Waals surface area contributed by atoms with Crippen LogP contribution >= 0.6 is 23.2 Å². The van der Waals surface area contributed by atoms with Crippen LogP contribution in [0.2, 0.25) is 10.0 Å². The van der Waals surface area contributed by atoms with Crippen LogP contribution in [0, 0.1) is 0 Å². The van der Waals surface area contributed by atoms with Gasteiger partial charge in [-0.25, -0.2) is 0 Å². The first kappa shape index (κ1) is 16.2. The molecule has 0 aliphatic heterocycles. The van der Waals surface area contributed by atoms with Crippen LogP contribution in [-0.4, -0.2) is 13.2 Å². The summed E-state index contributed by atoms with van der Waals surface area (Å²) < 4.78 is 5.27. The molecule has 2 rings (SSSR count). The van der Waals surface area contributed by atoms with Crippen LogP contribution in [0.25, 0.3) is 11.1 Å². The van der Waals surface area contributed by atoms with E-state index in [1.165, 1.54) is 0 Å². The van der Waals surface area contributed by atoms with Crippen molar-refractivity contribution in [2.45, 2.75) is 26.4 Å². The molecular formula is C17H19Cl2NO. The van der Waals surface area contributed by atoms with Crippen molar-refractivity contribution in [1.82, 2.24) is 5.32 Å². The summed E-state index contributed by atoms with van der Waals surface area (Å²) in [6.45, 7) is 4.97. The highest BCUT2D eigenvalue weighted by Crippen LogP contribution is 2.32. The van der Waals surface area contributed by atoms with Crippen molar-refractivity contribution in [3.63, 3.8) is 0 Å². The lowest BCUT2D eigenvalue weighted by atomic mass is 10.0. The van der Waals surface area contributed by atoms with Crippen molar-refractivity contribution in [3.05, 3.63) is 52.0 Å². The van der Waals surface area contributed by atoms with Crippen LogP contribution in [0.4, 0.5) is 0 Å². The minimum Gasteiger partial charge on any atom is -0.495 e. The van der Waals surface area contributed by atoms with Gasteiger partial charge in [0.15, 0.2) is 0 Å². The molecule has 0 radical (unpaired) electrons. The van der Waals surface area contributed by atoms with E-state index in [1.807, 2.05) is 30.3 Å². The standard InChI is InChI=1S/C17H19Cl2NO/c1-11(2)20-10-14-8-12(4-6-15(14)18)13-5-7-16(19)17(9-13)21-3/h4-9,11,20H,10H2,1-3H3. The third kappa shape index (κ3) is 4.13. The molecule has 0 saturated carbocycles. The molecular weight excluding hydrogens is 305 g/mol. The minimum absolute atomic E-state index is 0.417. The predicted octanol–water partition coefficient (Wildman–Crippen LogP) is 5.17. The van der Waals surface area contributed by atoms with Gasteiger partial charge >= 0.3 is 0 Å². The summed E-state index contributed by atoms with van der Waals surface area (Å²) in [4.78, 5) is 0. The molecule has 112 valence electrons. The second-order valence-corrected chi connectivity index (χ2v) is 6.01. The molecule has 0 fully saturated rings. The van der Waals surface area contributed by atoms with Crippen molar-refractivity contribution in [2.24, 2.45) is 0 Å². The third-order valence-corrected chi connectivity index (χ3v) is 3.91. The number of methoxy groups -OCH3 is 1. The summed E-state index contributed by atoms with van der Waals surface area (Å²) in [7, 11) is 1.62. The molecule has 2 aromatic carbocycles. The highest BCUT2D eigenvalue weighted by molar-refractivity contribution is 6.32. The molecule has 2 nitrogen and oxygen atoms in total. The summed E-state index contributed by atoms with van der Waals surface area (Å²) in [5.41, 5.74) is 3.23. The average Bonchev–Trinajstić information content (AvgIpc) is 2.47. The van der Waals surface area contributed by atoms with Gasteiger partial charge in [-0.1, -0.05) is 49.2 Å². The Balaban J connectivity index is 2.33. The number of ether oxygens (including phenoxy) is 1. The smallest absolute Gasteiger partial charge is 0.138 e. The second kappa shape index (κ2) is 7.17. The zero-order chi connectivity index (χ0) is 15.4. The molecule has 0 saturated heterocycles. The van der Waals surface area contributed by atoms with Crippen LogP contribution in [0.3, 0.4) is 0 Å². The van der Waals surface area contributed by atoms with Crippen molar-refractivity contribution in [3.8, 4) is 16.9 Å². The fraction of sp³-hybridized carbons (Fsp3) is 0.294. The Kier molecular flexibility index (Phi) is 5.51. The lowest BCUT2D eigenvalue weighted by molar-refractivity contribution is 0.415. The Morgan fingerprint density at radius 2 is 1.62 bits per heavy atom. The monoisotopic (exact) mass is 323 g/mol. The van der Waals surface area contributed by atoms with Crippen LogP contribution in [0.5, 0.6) is 5.75 Å². The fourth-order valence-electron chi connectivity index (χ4n) is 2.04. The van der Waals surface area contributed by atoms with Gasteiger partial charge in [0, 0.05) is 17.6 Å². The number of nitrogens with one attached hydrogen (secondary N) is 1. The van der Waals surface area contributed by atoms with E-state index in [4.69, 9.17) is 27.9 Å². The Morgan fingerprint density at radius 3 is 2.24 bits per heavy atom. The van der Waals surface area contributed by atoms with Gasteiger partial charge < -0.3 is 10.1 Å². The van der Waals surface area contributed by atoms with Crippen molar-refractivity contribution >= 4 is 23.2 Å². The van der Waals surface area contributed by atoms with Gasteiger partial charge in [-0.2, -0.15) is 0 Å². The molecule has 0 aromatic heterocycles. The van der Waals surface area contributed by atoms with E-state index in [9.17, 15) is 0 Å². The lowest BCUT2D eigenvalue weighted by Crippen LogP contribution is -2.21. The van der Waals surface area contributed by atoms with E-state index >= 15 is 0 Å². The molecule has 0 bridgehead atoms.